The molecule has 0 bridgehead atoms. The zero-order valence-electron chi connectivity index (χ0n) is 18.1. The van der Waals surface area contributed by atoms with E-state index in [1.807, 2.05) is 0 Å². The Morgan fingerprint density at radius 2 is 2.09 bits per heavy atom. The van der Waals surface area contributed by atoms with Gasteiger partial charge >= 0.3 is 5.97 Å². The topological polar surface area (TPSA) is 199 Å². The zero-order valence-corrected chi connectivity index (χ0v) is 19.7. The van der Waals surface area contributed by atoms with Crippen molar-refractivity contribution in [3.05, 3.63) is 33.5 Å². The molecule has 3 amide bonds. The number of hydrogen-bond acceptors (Lipinski definition) is 11. The first kappa shape index (κ1) is 23.3. The number of nitrogen functional groups attached to an aromatic ring is 1. The molecule has 0 spiro atoms. The van der Waals surface area contributed by atoms with Crippen LogP contribution in [0.1, 0.15) is 12.1 Å². The van der Waals surface area contributed by atoms with E-state index in [1.54, 1.807) is 0 Å². The number of aliphatic carboxylic acids is 1. The van der Waals surface area contributed by atoms with Crippen molar-refractivity contribution in [1.82, 2.24) is 25.8 Å². The van der Waals surface area contributed by atoms with E-state index in [2.05, 4.69) is 26.1 Å². The minimum Gasteiger partial charge on any atom is -0.477 e. The van der Waals surface area contributed by atoms with Gasteiger partial charge in [0.1, 0.15) is 22.8 Å². The monoisotopic (exact) mass is 519 g/mol. The number of thiazole rings is 1. The number of aromatic nitrogens is 1. The number of anilines is 1. The fourth-order valence-corrected chi connectivity index (χ4v) is 6.50. The normalized spacial score (nSPS) is 26.1. The van der Waals surface area contributed by atoms with Gasteiger partial charge in [-0.3, -0.25) is 19.3 Å². The van der Waals surface area contributed by atoms with Gasteiger partial charge in [0.2, 0.25) is 5.91 Å². The molecule has 0 aromatic carbocycles. The van der Waals surface area contributed by atoms with Crippen LogP contribution in [0, 0.1) is 5.92 Å². The summed E-state index contributed by atoms with van der Waals surface area (Å²) >= 11 is 2.36. The van der Waals surface area contributed by atoms with Gasteiger partial charge < -0.3 is 32.0 Å². The molecule has 15 heteroatoms. The molecule has 4 aliphatic rings. The molecule has 0 aliphatic carbocycles. The Labute approximate surface area is 206 Å². The first-order valence-electron chi connectivity index (χ1n) is 10.7. The van der Waals surface area contributed by atoms with Crippen molar-refractivity contribution in [2.45, 2.75) is 17.8 Å². The lowest BCUT2D eigenvalue weighted by molar-refractivity contribution is -0.150. The third kappa shape index (κ3) is 3.84. The van der Waals surface area contributed by atoms with Crippen molar-refractivity contribution < 1.29 is 29.5 Å². The van der Waals surface area contributed by atoms with Gasteiger partial charge in [0.25, 0.3) is 11.8 Å². The molecule has 5 rings (SSSR count). The fourth-order valence-electron chi connectivity index (χ4n) is 4.59. The van der Waals surface area contributed by atoms with Crippen LogP contribution in [0.4, 0.5) is 5.13 Å². The van der Waals surface area contributed by atoms with Gasteiger partial charge in [-0.05, 0) is 17.6 Å². The predicted molar refractivity (Wildman–Crippen MR) is 126 cm³/mol. The van der Waals surface area contributed by atoms with Crippen molar-refractivity contribution in [2.24, 2.45) is 11.1 Å². The number of nitrogens with zero attached hydrogens (tertiary/aromatic N) is 3. The van der Waals surface area contributed by atoms with E-state index in [4.69, 9.17) is 5.73 Å². The summed E-state index contributed by atoms with van der Waals surface area (Å²) in [5.41, 5.74) is 6.78. The first-order valence-corrected chi connectivity index (χ1v) is 12.6. The fraction of sp³-hybridized carbons (Fsp3) is 0.400. The number of carbonyl (C=O) groups excluding carboxylic acids is 3. The molecule has 1 aromatic rings. The number of carboxylic acids is 1. The summed E-state index contributed by atoms with van der Waals surface area (Å²) in [6.45, 7) is 1.72. The maximum absolute atomic E-state index is 13.1. The summed E-state index contributed by atoms with van der Waals surface area (Å²) in [6.07, 6.45) is 0.492. The third-order valence-corrected chi connectivity index (χ3v) is 8.27. The second kappa shape index (κ2) is 8.98. The average Bonchev–Trinajstić information content (AvgIpc) is 3.41. The summed E-state index contributed by atoms with van der Waals surface area (Å²) in [5.74, 6) is -2.69. The number of nitrogens with one attached hydrogen (secondary N) is 3. The molecule has 2 atom stereocenters. The second-order valence-electron chi connectivity index (χ2n) is 8.27. The van der Waals surface area contributed by atoms with Gasteiger partial charge in [0.05, 0.1) is 0 Å². The molecule has 0 unspecified atom stereocenters. The van der Waals surface area contributed by atoms with Crippen molar-refractivity contribution in [1.29, 1.82) is 0 Å². The van der Waals surface area contributed by atoms with Gasteiger partial charge in [0, 0.05) is 42.3 Å². The van der Waals surface area contributed by atoms with Crippen molar-refractivity contribution in [2.75, 3.05) is 31.1 Å². The van der Waals surface area contributed by atoms with Crippen LogP contribution in [0.3, 0.4) is 0 Å². The number of nitrogens with two attached hydrogens (primary N) is 1. The van der Waals surface area contributed by atoms with Crippen molar-refractivity contribution in [3.63, 3.8) is 0 Å². The number of rotatable bonds is 6. The van der Waals surface area contributed by atoms with Crippen LogP contribution in [0.5, 0.6) is 0 Å². The average molecular weight is 520 g/mol. The zero-order chi connectivity index (χ0) is 24.9. The lowest BCUT2D eigenvalue weighted by Gasteiger charge is -2.50. The van der Waals surface area contributed by atoms with E-state index in [0.29, 0.717) is 42.8 Å². The summed E-state index contributed by atoms with van der Waals surface area (Å²) in [6, 6.07) is -1.02. The van der Waals surface area contributed by atoms with Crippen LogP contribution in [0.15, 0.2) is 33.0 Å². The number of β-lactam (4-membered cyclic amide) rings is 1. The SMILES string of the molecule is Nc1nc(C(=NO)C(=O)N[C@@H]2C(=O)N3C(C(=O)O)=C(C(=C4CCNC4=O)C4CNC4)CS[C@H]23)cs1. The highest BCUT2D eigenvalue weighted by atomic mass is 32.2. The lowest BCUT2D eigenvalue weighted by Crippen LogP contribution is -2.71. The van der Waals surface area contributed by atoms with E-state index in [9.17, 15) is 29.5 Å². The number of amides is 3. The largest absolute Gasteiger partial charge is 0.477 e. The summed E-state index contributed by atoms with van der Waals surface area (Å²) in [7, 11) is 0. The molecule has 1 aromatic heterocycles. The van der Waals surface area contributed by atoms with Gasteiger partial charge in [-0.1, -0.05) is 5.16 Å². The molecule has 3 saturated heterocycles. The Morgan fingerprint density at radius 1 is 1.31 bits per heavy atom. The Kier molecular flexibility index (Phi) is 5.98. The number of carboxylic acid groups (broad SMARTS) is 1. The van der Waals surface area contributed by atoms with Crippen molar-refractivity contribution in [3.8, 4) is 0 Å². The van der Waals surface area contributed by atoms with Crippen LogP contribution in [0.2, 0.25) is 0 Å². The number of oxime groups is 1. The summed E-state index contributed by atoms with van der Waals surface area (Å²) in [5, 5.41) is 31.7. The van der Waals surface area contributed by atoms with Crippen molar-refractivity contribution >= 4 is 57.6 Å². The van der Waals surface area contributed by atoms with E-state index in [-0.39, 0.29) is 34.1 Å². The number of fused-ring (bicyclic) bond motifs is 1. The molecule has 5 heterocycles. The van der Waals surface area contributed by atoms with Crippen LogP contribution in [-0.4, -0.2) is 86.4 Å². The maximum atomic E-state index is 13.1. The number of hydrogen-bond donors (Lipinski definition) is 6. The molecular formula is C20H21N7O6S2. The Bertz CT molecular complexity index is 1230. The lowest BCUT2D eigenvalue weighted by atomic mass is 9.82. The highest BCUT2D eigenvalue weighted by Crippen LogP contribution is 2.45. The molecule has 13 nitrogen and oxygen atoms in total. The summed E-state index contributed by atoms with van der Waals surface area (Å²) in [4.78, 5) is 55.6. The standard InChI is InChI=1S/C20H21N7O6S2/c21-20-24-10(6-35-20)12(26-33)16(29)25-13-17(30)27-14(19(31)32)9(5-34-18(13)27)11(7-3-22-4-7)8-1-2-23-15(8)28/h6-7,13,18,22,33H,1-5H2,(H2,21,24)(H,23,28)(H,25,29)(H,31,32)/t13-,18-/m1/s1. The highest BCUT2D eigenvalue weighted by Gasteiger charge is 2.55. The number of thioether (sulfide) groups is 1. The van der Waals surface area contributed by atoms with E-state index < -0.39 is 34.9 Å². The minimum atomic E-state index is -1.28. The molecule has 0 saturated carbocycles. The molecule has 184 valence electrons. The van der Waals surface area contributed by atoms with Crippen LogP contribution < -0.4 is 21.7 Å². The Hall–Kier alpha value is -3.43. The van der Waals surface area contributed by atoms with E-state index in [1.165, 1.54) is 17.1 Å². The molecule has 7 N–H and O–H groups in total. The molecule has 3 fully saturated rings. The second-order valence-corrected chi connectivity index (χ2v) is 10.3. The third-order valence-electron chi connectivity index (χ3n) is 6.31. The highest BCUT2D eigenvalue weighted by molar-refractivity contribution is 8.00. The Morgan fingerprint density at radius 3 is 2.63 bits per heavy atom. The number of carbonyl (C=O) groups is 4. The Balaban J connectivity index is 1.43. The van der Waals surface area contributed by atoms with Gasteiger partial charge in [0.15, 0.2) is 10.8 Å². The molecular weight excluding hydrogens is 498 g/mol. The summed E-state index contributed by atoms with van der Waals surface area (Å²) < 4.78 is 0. The quantitative estimate of drug-likeness (QED) is 0.0861. The van der Waals surface area contributed by atoms with Gasteiger partial charge in [-0.2, -0.15) is 0 Å². The van der Waals surface area contributed by atoms with E-state index in [0.717, 1.165) is 16.2 Å². The van der Waals surface area contributed by atoms with Crippen LogP contribution in [0.25, 0.3) is 0 Å². The molecule has 35 heavy (non-hydrogen) atoms. The minimum absolute atomic E-state index is 0.0175. The maximum Gasteiger partial charge on any atom is 0.352 e. The van der Waals surface area contributed by atoms with E-state index >= 15 is 0 Å². The molecule has 0 radical (unpaired) electrons. The smallest absolute Gasteiger partial charge is 0.352 e. The van der Waals surface area contributed by atoms with Crippen LogP contribution >= 0.6 is 23.1 Å². The van der Waals surface area contributed by atoms with Gasteiger partial charge in [-0.15, -0.1) is 23.1 Å². The first-order chi connectivity index (χ1) is 16.8. The predicted octanol–water partition coefficient (Wildman–Crippen LogP) is -1.32. The molecule has 4 aliphatic heterocycles. The van der Waals surface area contributed by atoms with Gasteiger partial charge in [-0.25, -0.2) is 9.78 Å². The van der Waals surface area contributed by atoms with Crippen LogP contribution in [-0.2, 0) is 19.2 Å².